The number of nitrogens with zero attached hydrogens (tertiary/aromatic N) is 2. The summed E-state index contributed by atoms with van der Waals surface area (Å²) in [5.41, 5.74) is 0.421. The standard InChI is InChI=1S/C8H10N2O4S.Na.H/c11-5-7(12)8(15(13)14)3-6-4-9-1-2-10-6;;/h1-2,4,7,11-12H,3,5H2;;/q;+1;-1. The van der Waals surface area contributed by atoms with Crippen molar-refractivity contribution in [2.75, 3.05) is 6.61 Å². The number of aliphatic hydroxyl groups excluding tert-OH is 2. The van der Waals surface area contributed by atoms with Gasteiger partial charge in [-0.3, -0.25) is 9.97 Å². The van der Waals surface area contributed by atoms with Gasteiger partial charge < -0.3 is 11.6 Å². The summed E-state index contributed by atoms with van der Waals surface area (Å²) in [4.78, 5) is 7.43. The van der Waals surface area contributed by atoms with Crippen LogP contribution in [-0.2, 0) is 16.7 Å². The summed E-state index contributed by atoms with van der Waals surface area (Å²) in [6.45, 7) is -0.635. The van der Waals surface area contributed by atoms with Crippen LogP contribution in [0.2, 0.25) is 0 Å². The maximum atomic E-state index is 10.7. The second-order valence-corrected chi connectivity index (χ2v) is 3.77. The molecule has 2 N–H and O–H groups in total. The van der Waals surface area contributed by atoms with Crippen LogP contribution >= 0.6 is 0 Å². The van der Waals surface area contributed by atoms with Crippen molar-refractivity contribution in [2.45, 2.75) is 12.5 Å². The molecule has 8 heteroatoms. The molecule has 1 aromatic rings. The first-order valence-corrected chi connectivity index (χ1v) is 5.21. The summed E-state index contributed by atoms with van der Waals surface area (Å²) in [6.07, 6.45) is 2.85. The fraction of sp³-hybridized carbons (Fsp3) is 0.375. The maximum Gasteiger partial charge on any atom is 1.00 e. The van der Waals surface area contributed by atoms with Crippen LogP contribution in [-0.4, -0.2) is 46.2 Å². The molecule has 1 atom stereocenters. The average molecular weight is 254 g/mol. The van der Waals surface area contributed by atoms with E-state index in [0.717, 1.165) is 0 Å². The minimum absolute atomic E-state index is 0. The topological polar surface area (TPSA) is 100 Å². The van der Waals surface area contributed by atoms with Gasteiger partial charge >= 0.3 is 29.6 Å². The number of aromatic nitrogens is 2. The number of hydrogen-bond acceptors (Lipinski definition) is 6. The van der Waals surface area contributed by atoms with E-state index in [-0.39, 0.29) is 42.3 Å². The zero-order chi connectivity index (χ0) is 11.3. The van der Waals surface area contributed by atoms with Crippen LogP contribution in [0, 0.1) is 0 Å². The molecule has 6 nitrogen and oxygen atoms in total. The van der Waals surface area contributed by atoms with Crippen LogP contribution in [0.3, 0.4) is 0 Å². The van der Waals surface area contributed by atoms with Gasteiger partial charge in [0.15, 0.2) is 0 Å². The van der Waals surface area contributed by atoms with E-state index in [4.69, 9.17) is 5.11 Å². The van der Waals surface area contributed by atoms with Crippen molar-refractivity contribution in [2.24, 2.45) is 0 Å². The Morgan fingerprint density at radius 2 is 2.19 bits per heavy atom. The third-order valence-electron chi connectivity index (χ3n) is 1.73. The van der Waals surface area contributed by atoms with Gasteiger partial charge in [0.25, 0.3) is 0 Å². The van der Waals surface area contributed by atoms with Gasteiger partial charge in [0, 0.05) is 25.0 Å². The van der Waals surface area contributed by atoms with E-state index in [1.54, 1.807) is 0 Å². The van der Waals surface area contributed by atoms with Crippen molar-refractivity contribution >= 4 is 15.2 Å². The molecule has 84 valence electrons. The van der Waals surface area contributed by atoms with Crippen LogP contribution in [0.5, 0.6) is 0 Å². The molecule has 0 amide bonds. The monoisotopic (exact) mass is 254 g/mol. The van der Waals surface area contributed by atoms with Crippen LogP contribution in [0.4, 0.5) is 0 Å². The van der Waals surface area contributed by atoms with E-state index >= 15 is 0 Å². The molecule has 0 radical (unpaired) electrons. The Bertz CT molecular complexity index is 446. The van der Waals surface area contributed by atoms with E-state index < -0.39 is 23.0 Å². The Morgan fingerprint density at radius 1 is 1.50 bits per heavy atom. The first-order chi connectivity index (χ1) is 7.15. The van der Waals surface area contributed by atoms with E-state index in [9.17, 15) is 13.5 Å². The second kappa shape index (κ2) is 7.88. The number of aliphatic hydroxyl groups is 2. The molecule has 0 aromatic carbocycles. The van der Waals surface area contributed by atoms with Gasteiger partial charge in [-0.05, 0) is 0 Å². The van der Waals surface area contributed by atoms with Crippen molar-refractivity contribution in [3.63, 3.8) is 0 Å². The Morgan fingerprint density at radius 3 is 2.62 bits per heavy atom. The molecule has 0 aliphatic heterocycles. The molecule has 16 heavy (non-hydrogen) atoms. The van der Waals surface area contributed by atoms with Crippen molar-refractivity contribution in [1.82, 2.24) is 9.97 Å². The van der Waals surface area contributed by atoms with Crippen LogP contribution in [0.15, 0.2) is 18.6 Å². The van der Waals surface area contributed by atoms with Gasteiger partial charge in [-0.1, -0.05) is 0 Å². The Kier molecular flexibility index (Phi) is 7.73. The summed E-state index contributed by atoms with van der Waals surface area (Å²) in [7, 11) is -2.54. The largest absolute Gasteiger partial charge is 1.00 e. The zero-order valence-electron chi connectivity index (χ0n) is 9.74. The van der Waals surface area contributed by atoms with Gasteiger partial charge in [-0.25, -0.2) is 0 Å². The molecular weight excluding hydrogens is 243 g/mol. The fourth-order valence-corrected chi connectivity index (χ4v) is 1.55. The Hall–Kier alpha value is -0.310. The normalized spacial score (nSPS) is 11.4. The third kappa shape index (κ3) is 4.69. The van der Waals surface area contributed by atoms with E-state index in [1.165, 1.54) is 18.6 Å². The average Bonchev–Trinajstić information content (AvgIpc) is 2.26. The quantitative estimate of drug-likeness (QED) is 0.415. The van der Waals surface area contributed by atoms with E-state index in [2.05, 4.69) is 9.97 Å². The third-order valence-corrected chi connectivity index (χ3v) is 2.58. The molecule has 0 bridgehead atoms. The Labute approximate surface area is 118 Å². The molecule has 0 saturated heterocycles. The van der Waals surface area contributed by atoms with Crippen molar-refractivity contribution in [1.29, 1.82) is 0 Å². The van der Waals surface area contributed by atoms with Crippen LogP contribution < -0.4 is 29.6 Å². The van der Waals surface area contributed by atoms with Gasteiger partial charge in [0.2, 0.25) is 10.3 Å². The number of rotatable bonds is 4. The van der Waals surface area contributed by atoms with Crippen molar-refractivity contribution < 1.29 is 49.6 Å². The minimum Gasteiger partial charge on any atom is -1.00 e. The second-order valence-electron chi connectivity index (χ2n) is 2.77. The van der Waals surface area contributed by atoms with Crippen molar-refractivity contribution in [3.05, 3.63) is 24.3 Å². The molecular formula is C8H11N2NaO4S. The van der Waals surface area contributed by atoms with Crippen LogP contribution in [0.1, 0.15) is 7.12 Å². The fourth-order valence-electron chi connectivity index (χ4n) is 0.989. The van der Waals surface area contributed by atoms with Crippen LogP contribution in [0.25, 0.3) is 0 Å². The smallest absolute Gasteiger partial charge is 1.00 e. The van der Waals surface area contributed by atoms with Gasteiger partial charge in [0.05, 0.1) is 17.2 Å². The van der Waals surface area contributed by atoms with E-state index in [0.29, 0.717) is 5.69 Å². The van der Waals surface area contributed by atoms with Crippen molar-refractivity contribution in [3.8, 4) is 0 Å². The minimum atomic E-state index is -2.54. The van der Waals surface area contributed by atoms with Gasteiger partial charge in [-0.2, -0.15) is 8.42 Å². The molecule has 1 heterocycles. The SMILES string of the molecule is O=S(=O)=C(Cc1cnccn1)C(O)CO.[H-].[Na+]. The summed E-state index contributed by atoms with van der Waals surface area (Å²) >= 11 is 0. The first-order valence-electron chi connectivity index (χ1n) is 4.14. The van der Waals surface area contributed by atoms with Gasteiger partial charge in [-0.15, -0.1) is 0 Å². The van der Waals surface area contributed by atoms with E-state index in [1.807, 2.05) is 0 Å². The zero-order valence-corrected chi connectivity index (χ0v) is 11.6. The molecule has 0 spiro atoms. The Balaban J connectivity index is 0. The molecule has 1 unspecified atom stereocenters. The molecule has 0 saturated carbocycles. The molecule has 0 aliphatic carbocycles. The molecule has 1 rings (SSSR count). The predicted molar refractivity (Wildman–Crippen MR) is 53.9 cm³/mol. The van der Waals surface area contributed by atoms with Gasteiger partial charge in [0.1, 0.15) is 6.10 Å². The maximum absolute atomic E-state index is 10.7. The molecule has 1 aromatic heterocycles. The molecule has 0 fully saturated rings. The number of hydrogen-bond donors (Lipinski definition) is 2. The predicted octanol–water partition coefficient (Wildman–Crippen LogP) is -4.46. The summed E-state index contributed by atoms with van der Waals surface area (Å²) in [5.74, 6) is 0. The first kappa shape index (κ1) is 15.7. The summed E-state index contributed by atoms with van der Waals surface area (Å²) in [5, 5.41) is 17.9. The summed E-state index contributed by atoms with van der Waals surface area (Å²) in [6, 6.07) is 0. The summed E-state index contributed by atoms with van der Waals surface area (Å²) < 4.78 is 21.5. The molecule has 0 aliphatic rings.